The molecule has 0 N–H and O–H groups in total. The Morgan fingerprint density at radius 1 is 0.818 bits per heavy atom. The van der Waals surface area contributed by atoms with Crippen LogP contribution in [0.2, 0.25) is 0 Å². The van der Waals surface area contributed by atoms with Gasteiger partial charge in [-0.15, -0.1) is 0 Å². The molecule has 0 unspecified atom stereocenters. The third kappa shape index (κ3) is 3.99. The highest BCUT2D eigenvalue weighted by atomic mass is 32.2. The Morgan fingerprint density at radius 3 is 1.59 bits per heavy atom. The highest BCUT2D eigenvalue weighted by Crippen LogP contribution is 2.22. The molecule has 0 radical (unpaired) electrons. The van der Waals surface area contributed by atoms with Gasteiger partial charge in [-0.05, 0) is 12.1 Å². The van der Waals surface area contributed by atoms with Crippen molar-refractivity contribution in [3.63, 3.8) is 0 Å². The second kappa shape index (κ2) is 6.63. The van der Waals surface area contributed by atoms with E-state index in [1.807, 2.05) is 0 Å². The van der Waals surface area contributed by atoms with Crippen molar-refractivity contribution in [3.05, 3.63) is 68.8 Å². The van der Waals surface area contributed by atoms with Crippen LogP contribution in [-0.4, -0.2) is 14.1 Å². The zero-order valence-corrected chi connectivity index (χ0v) is 11.6. The van der Waals surface area contributed by atoms with Crippen LogP contribution in [0.3, 0.4) is 0 Å². The summed E-state index contributed by atoms with van der Waals surface area (Å²) in [5, 5.41) is 21.2. The van der Waals surface area contributed by atoms with E-state index in [-0.39, 0.29) is 22.9 Å². The number of nitrogens with zero attached hydrogens (tertiary/aromatic N) is 2. The molecule has 2 aromatic carbocycles. The van der Waals surface area contributed by atoms with Crippen LogP contribution in [0.1, 0.15) is 0 Å². The average Bonchev–Trinajstić information content (AvgIpc) is 2.47. The lowest BCUT2D eigenvalue weighted by atomic mass is 10.3. The Morgan fingerprint density at radius 2 is 1.23 bits per heavy atom. The summed E-state index contributed by atoms with van der Waals surface area (Å²) >= 11 is -2.31. The molecule has 0 spiro atoms. The van der Waals surface area contributed by atoms with Crippen molar-refractivity contribution in [2.75, 3.05) is 0 Å². The molecular formula is C12H8N2O7S. The summed E-state index contributed by atoms with van der Waals surface area (Å²) in [5.41, 5.74) is -0.463. The number of rotatable bonds is 6. The maximum Gasteiger partial charge on any atom is 0.417 e. The van der Waals surface area contributed by atoms with Gasteiger partial charge in [-0.2, -0.15) is 4.21 Å². The topological polar surface area (TPSA) is 122 Å². The van der Waals surface area contributed by atoms with Gasteiger partial charge < -0.3 is 8.37 Å². The molecule has 0 amide bonds. The molecule has 0 aliphatic heterocycles. The highest BCUT2D eigenvalue weighted by Gasteiger charge is 2.12. The van der Waals surface area contributed by atoms with Crippen LogP contribution in [0, 0.1) is 20.2 Å². The first-order valence-corrected chi connectivity index (χ1v) is 6.73. The van der Waals surface area contributed by atoms with Crippen LogP contribution < -0.4 is 8.37 Å². The fraction of sp³-hybridized carbons (Fsp3) is 0. The second-order valence-electron chi connectivity index (χ2n) is 3.88. The Balaban J connectivity index is 2.07. The Kier molecular flexibility index (Phi) is 4.63. The third-order valence-electron chi connectivity index (χ3n) is 2.39. The lowest BCUT2D eigenvalue weighted by molar-refractivity contribution is -0.385. The van der Waals surface area contributed by atoms with E-state index in [4.69, 9.17) is 8.37 Å². The van der Waals surface area contributed by atoms with E-state index in [1.54, 1.807) is 0 Å². The number of benzene rings is 2. The molecule has 0 bridgehead atoms. The van der Waals surface area contributed by atoms with E-state index in [9.17, 15) is 24.4 Å². The first kappa shape index (κ1) is 15.4. The van der Waals surface area contributed by atoms with Gasteiger partial charge in [-0.1, -0.05) is 12.1 Å². The molecular weight excluding hydrogens is 316 g/mol. The zero-order valence-electron chi connectivity index (χ0n) is 10.8. The van der Waals surface area contributed by atoms with Gasteiger partial charge in [0.1, 0.15) is 0 Å². The standard InChI is InChI=1S/C12H8N2O7S/c15-13(16)9-3-1-5-11(7-9)20-22(19)21-12-6-2-4-10(8-12)14(17)18/h1-8H. The van der Waals surface area contributed by atoms with Crippen molar-refractivity contribution in [1.82, 2.24) is 0 Å². The van der Waals surface area contributed by atoms with Crippen molar-refractivity contribution in [1.29, 1.82) is 0 Å². The number of nitro benzene ring substituents is 2. The lowest BCUT2D eigenvalue weighted by Crippen LogP contribution is -2.08. The molecule has 0 aliphatic rings. The van der Waals surface area contributed by atoms with E-state index in [0.29, 0.717) is 0 Å². The fourth-order valence-corrected chi connectivity index (χ4v) is 2.03. The SMILES string of the molecule is O=[N+]([O-])c1cccc(OS(=O)Oc2cccc([N+](=O)[O-])c2)c1. The normalized spacial score (nSPS) is 10.2. The van der Waals surface area contributed by atoms with Crippen molar-refractivity contribution in [3.8, 4) is 11.5 Å². The van der Waals surface area contributed by atoms with E-state index in [1.165, 1.54) is 36.4 Å². The minimum atomic E-state index is -2.31. The molecule has 2 aromatic rings. The minimum Gasteiger partial charge on any atom is -0.371 e. The smallest absolute Gasteiger partial charge is 0.371 e. The fourth-order valence-electron chi connectivity index (χ4n) is 1.47. The third-order valence-corrected chi connectivity index (χ3v) is 3.04. The monoisotopic (exact) mass is 324 g/mol. The molecule has 9 nitrogen and oxygen atoms in total. The molecule has 0 saturated heterocycles. The molecule has 0 aromatic heterocycles. The number of nitro groups is 2. The van der Waals surface area contributed by atoms with Crippen LogP contribution in [0.15, 0.2) is 48.5 Å². The highest BCUT2D eigenvalue weighted by molar-refractivity contribution is 7.75. The number of hydrogen-bond acceptors (Lipinski definition) is 7. The summed E-state index contributed by atoms with van der Waals surface area (Å²) in [6, 6.07) is 10.1. The summed E-state index contributed by atoms with van der Waals surface area (Å²) in [7, 11) is 0. The van der Waals surface area contributed by atoms with Gasteiger partial charge in [0.15, 0.2) is 11.5 Å². The van der Waals surface area contributed by atoms with Crippen molar-refractivity contribution < 1.29 is 22.4 Å². The van der Waals surface area contributed by atoms with Crippen LogP contribution in [0.25, 0.3) is 0 Å². The van der Waals surface area contributed by atoms with Gasteiger partial charge in [0, 0.05) is 12.1 Å². The van der Waals surface area contributed by atoms with E-state index in [0.717, 1.165) is 12.1 Å². The van der Waals surface area contributed by atoms with Gasteiger partial charge in [0.05, 0.1) is 22.0 Å². The molecule has 0 fully saturated rings. The molecule has 0 aliphatic carbocycles. The molecule has 2 rings (SSSR count). The lowest BCUT2D eigenvalue weighted by Gasteiger charge is -2.05. The summed E-state index contributed by atoms with van der Waals surface area (Å²) in [6.07, 6.45) is 0. The van der Waals surface area contributed by atoms with Crippen LogP contribution >= 0.6 is 0 Å². The van der Waals surface area contributed by atoms with E-state index in [2.05, 4.69) is 0 Å². The quantitative estimate of drug-likeness (QED) is 0.591. The van der Waals surface area contributed by atoms with Crippen molar-refractivity contribution in [2.24, 2.45) is 0 Å². The summed E-state index contributed by atoms with van der Waals surface area (Å²) in [5.74, 6) is -0.0593. The first-order valence-electron chi connectivity index (χ1n) is 5.73. The molecule has 0 heterocycles. The van der Waals surface area contributed by atoms with Gasteiger partial charge in [0.25, 0.3) is 11.4 Å². The Hall–Kier alpha value is -3.01. The molecule has 0 saturated carbocycles. The molecule has 10 heteroatoms. The van der Waals surface area contributed by atoms with Gasteiger partial charge >= 0.3 is 11.4 Å². The van der Waals surface area contributed by atoms with Gasteiger partial charge in [0.2, 0.25) is 0 Å². The minimum absolute atomic E-state index is 0.0297. The first-order chi connectivity index (χ1) is 10.5. The summed E-state index contributed by atoms with van der Waals surface area (Å²) in [6.45, 7) is 0. The Labute approximate surface area is 126 Å². The summed E-state index contributed by atoms with van der Waals surface area (Å²) < 4.78 is 21.4. The van der Waals surface area contributed by atoms with Crippen LogP contribution in [0.5, 0.6) is 11.5 Å². The van der Waals surface area contributed by atoms with Crippen molar-refractivity contribution in [2.45, 2.75) is 0 Å². The van der Waals surface area contributed by atoms with Crippen molar-refractivity contribution >= 4 is 22.7 Å². The summed E-state index contributed by atoms with van der Waals surface area (Å²) in [4.78, 5) is 20.0. The van der Waals surface area contributed by atoms with E-state index >= 15 is 0 Å². The molecule has 114 valence electrons. The van der Waals surface area contributed by atoms with Gasteiger partial charge in [-0.25, -0.2) is 0 Å². The van der Waals surface area contributed by atoms with Gasteiger partial charge in [-0.3, -0.25) is 20.2 Å². The van der Waals surface area contributed by atoms with E-state index < -0.39 is 21.2 Å². The number of non-ortho nitro benzene ring substituents is 2. The van der Waals surface area contributed by atoms with Crippen LogP contribution in [0.4, 0.5) is 11.4 Å². The maximum absolute atomic E-state index is 11.7. The predicted molar refractivity (Wildman–Crippen MR) is 75.6 cm³/mol. The Bertz CT molecular complexity index is 688. The maximum atomic E-state index is 11.7. The largest absolute Gasteiger partial charge is 0.417 e. The second-order valence-corrected chi connectivity index (χ2v) is 4.62. The number of hydrogen-bond donors (Lipinski definition) is 0. The molecule has 0 atom stereocenters. The average molecular weight is 324 g/mol. The zero-order chi connectivity index (χ0) is 16.1. The predicted octanol–water partition coefficient (Wildman–Crippen LogP) is 2.54. The van der Waals surface area contributed by atoms with Crippen LogP contribution in [-0.2, 0) is 11.4 Å². The molecule has 22 heavy (non-hydrogen) atoms.